The Hall–Kier alpha value is -0.860. The molecule has 0 bridgehead atoms. The molecule has 1 heterocycles. The largest absolute Gasteiger partial charge is 0.385 e. The van der Waals surface area contributed by atoms with Crippen molar-refractivity contribution in [2.24, 2.45) is 5.41 Å². The Morgan fingerprint density at radius 3 is 2.67 bits per heavy atom. The van der Waals surface area contributed by atoms with Crippen molar-refractivity contribution in [3.05, 3.63) is 0 Å². The van der Waals surface area contributed by atoms with Gasteiger partial charge >= 0.3 is 0 Å². The fraction of sp³-hybridized carbons (Fsp3) is 0.769. The third kappa shape index (κ3) is 5.12. The molecule has 1 aromatic heterocycles. The van der Waals surface area contributed by atoms with E-state index in [-0.39, 0.29) is 21.9 Å². The lowest BCUT2D eigenvalue weighted by Gasteiger charge is -2.24. The first-order valence-electron chi connectivity index (χ1n) is 6.94. The third-order valence-electron chi connectivity index (χ3n) is 3.17. The molecule has 21 heavy (non-hydrogen) atoms. The molecule has 8 heteroatoms. The van der Waals surface area contributed by atoms with Crippen molar-refractivity contribution in [1.82, 2.24) is 4.37 Å². The summed E-state index contributed by atoms with van der Waals surface area (Å²) in [7, 11) is -1.71. The molecule has 0 saturated heterocycles. The number of nitrogens with two attached hydrogens (primary N) is 1. The van der Waals surface area contributed by atoms with Crippen LogP contribution >= 0.6 is 11.5 Å². The summed E-state index contributed by atoms with van der Waals surface area (Å²) in [5, 5.41) is 3.72. The van der Waals surface area contributed by atoms with Crippen molar-refractivity contribution in [1.29, 1.82) is 0 Å². The number of aromatic nitrogens is 1. The molecule has 3 N–H and O–H groups in total. The number of ether oxygens (including phenoxy) is 1. The molecule has 1 aromatic rings. The molecule has 0 aliphatic heterocycles. The molecule has 6 nitrogen and oxygen atoms in total. The van der Waals surface area contributed by atoms with Crippen molar-refractivity contribution in [3.8, 4) is 0 Å². The number of sulfone groups is 1. The number of nitrogens with one attached hydrogen (secondary N) is 1. The highest BCUT2D eigenvalue weighted by Gasteiger charge is 2.26. The van der Waals surface area contributed by atoms with Crippen LogP contribution in [0.5, 0.6) is 0 Å². The fourth-order valence-electron chi connectivity index (χ4n) is 1.86. The first-order chi connectivity index (χ1) is 9.73. The van der Waals surface area contributed by atoms with Gasteiger partial charge in [0.15, 0.2) is 15.7 Å². The highest BCUT2D eigenvalue weighted by molar-refractivity contribution is 7.91. The van der Waals surface area contributed by atoms with Gasteiger partial charge < -0.3 is 15.8 Å². The summed E-state index contributed by atoms with van der Waals surface area (Å²) in [6, 6.07) is 0. The van der Waals surface area contributed by atoms with Crippen LogP contribution < -0.4 is 11.1 Å². The standard InChI is InChI=1S/C13H25N3O3S2/c1-5-8-21(17,18)10-11(14)16-20-12(10)15-9-13(2,3)6-7-19-4/h15H,5-9H2,1-4H3,(H2,14,16). The highest BCUT2D eigenvalue weighted by atomic mass is 32.2. The minimum absolute atomic E-state index is 0.0133. The van der Waals surface area contributed by atoms with E-state index < -0.39 is 9.84 Å². The van der Waals surface area contributed by atoms with Crippen LogP contribution in [0.1, 0.15) is 33.6 Å². The van der Waals surface area contributed by atoms with Crippen molar-refractivity contribution in [2.45, 2.75) is 38.5 Å². The predicted molar refractivity (Wildman–Crippen MR) is 87.6 cm³/mol. The molecular weight excluding hydrogens is 310 g/mol. The van der Waals surface area contributed by atoms with Gasteiger partial charge in [-0.25, -0.2) is 8.42 Å². The monoisotopic (exact) mass is 335 g/mol. The van der Waals surface area contributed by atoms with Crippen LogP contribution in [-0.4, -0.2) is 38.8 Å². The maximum Gasteiger partial charge on any atom is 0.185 e. The van der Waals surface area contributed by atoms with Gasteiger partial charge in [-0.1, -0.05) is 20.8 Å². The van der Waals surface area contributed by atoms with Crippen molar-refractivity contribution >= 4 is 32.2 Å². The van der Waals surface area contributed by atoms with E-state index in [1.165, 1.54) is 0 Å². The topological polar surface area (TPSA) is 94.3 Å². The Morgan fingerprint density at radius 1 is 1.43 bits per heavy atom. The molecule has 0 aliphatic carbocycles. The molecule has 1 rings (SSSR count). The zero-order valence-electron chi connectivity index (χ0n) is 13.1. The van der Waals surface area contributed by atoms with Crippen molar-refractivity contribution in [3.63, 3.8) is 0 Å². The molecule has 0 atom stereocenters. The SMILES string of the molecule is CCCS(=O)(=O)c1c(N)nsc1NCC(C)(C)CCOC. The van der Waals surface area contributed by atoms with E-state index in [0.29, 0.717) is 24.6 Å². The van der Waals surface area contributed by atoms with E-state index in [1.54, 1.807) is 7.11 Å². The summed E-state index contributed by atoms with van der Waals surface area (Å²) in [6.45, 7) is 7.33. The number of anilines is 2. The Morgan fingerprint density at radius 2 is 2.10 bits per heavy atom. The predicted octanol–water partition coefficient (Wildman–Crippen LogP) is 2.38. The number of rotatable bonds is 9. The molecule has 0 aliphatic rings. The molecule has 0 radical (unpaired) electrons. The average Bonchev–Trinajstić information content (AvgIpc) is 2.76. The van der Waals surface area contributed by atoms with Crippen LogP contribution in [0.3, 0.4) is 0 Å². The Balaban J connectivity index is 2.87. The fourth-order valence-corrected chi connectivity index (χ4v) is 4.48. The lowest BCUT2D eigenvalue weighted by Crippen LogP contribution is -2.25. The van der Waals surface area contributed by atoms with Gasteiger partial charge in [0.2, 0.25) is 0 Å². The van der Waals surface area contributed by atoms with Gasteiger partial charge in [0, 0.05) is 20.3 Å². The van der Waals surface area contributed by atoms with Gasteiger partial charge in [-0.05, 0) is 29.8 Å². The van der Waals surface area contributed by atoms with Gasteiger partial charge in [-0.3, -0.25) is 0 Å². The maximum absolute atomic E-state index is 12.3. The van der Waals surface area contributed by atoms with Crippen LogP contribution in [-0.2, 0) is 14.6 Å². The first-order valence-corrected chi connectivity index (χ1v) is 9.37. The molecule has 0 saturated carbocycles. The summed E-state index contributed by atoms with van der Waals surface area (Å²) < 4.78 is 33.6. The average molecular weight is 335 g/mol. The molecule has 0 spiro atoms. The lowest BCUT2D eigenvalue weighted by atomic mass is 9.90. The number of nitrogens with zero attached hydrogens (tertiary/aromatic N) is 1. The molecule has 0 fully saturated rings. The molecule has 0 aromatic carbocycles. The van der Waals surface area contributed by atoms with Gasteiger partial charge in [-0.15, -0.1) is 0 Å². The van der Waals surface area contributed by atoms with E-state index >= 15 is 0 Å². The second-order valence-corrected chi connectivity index (χ2v) is 8.62. The van der Waals surface area contributed by atoms with Crippen molar-refractivity contribution < 1.29 is 13.2 Å². The smallest absolute Gasteiger partial charge is 0.185 e. The normalized spacial score (nSPS) is 12.6. The van der Waals surface area contributed by atoms with E-state index in [4.69, 9.17) is 10.5 Å². The second kappa shape index (κ2) is 7.42. The van der Waals surface area contributed by atoms with E-state index in [2.05, 4.69) is 23.5 Å². The Bertz CT molecular complexity index is 553. The zero-order chi connectivity index (χ0) is 16.1. The minimum Gasteiger partial charge on any atom is -0.385 e. The van der Waals surface area contributed by atoms with Crippen LogP contribution in [0.25, 0.3) is 0 Å². The minimum atomic E-state index is -3.38. The zero-order valence-corrected chi connectivity index (χ0v) is 14.7. The highest BCUT2D eigenvalue weighted by Crippen LogP contribution is 2.33. The lowest BCUT2D eigenvalue weighted by molar-refractivity contribution is 0.157. The van der Waals surface area contributed by atoms with E-state index in [1.807, 2.05) is 6.92 Å². The second-order valence-electron chi connectivity index (χ2n) is 5.81. The van der Waals surface area contributed by atoms with Crippen LogP contribution in [0.2, 0.25) is 0 Å². The quantitative estimate of drug-likeness (QED) is 0.719. The summed E-state index contributed by atoms with van der Waals surface area (Å²) in [4.78, 5) is 0.150. The summed E-state index contributed by atoms with van der Waals surface area (Å²) in [5.74, 6) is 0.169. The van der Waals surface area contributed by atoms with Gasteiger partial charge in [0.1, 0.15) is 9.90 Å². The Labute approximate surface area is 131 Å². The van der Waals surface area contributed by atoms with Crippen molar-refractivity contribution in [2.75, 3.05) is 37.1 Å². The van der Waals surface area contributed by atoms with Gasteiger partial charge in [0.05, 0.1) is 5.75 Å². The van der Waals surface area contributed by atoms with Crippen LogP contribution in [0, 0.1) is 5.41 Å². The molecule has 0 amide bonds. The number of methoxy groups -OCH3 is 1. The van der Waals surface area contributed by atoms with Gasteiger partial charge in [0.25, 0.3) is 0 Å². The summed E-state index contributed by atoms with van der Waals surface area (Å²) >= 11 is 1.10. The number of hydrogen-bond acceptors (Lipinski definition) is 7. The molecular formula is C13H25N3O3S2. The maximum atomic E-state index is 12.3. The molecule has 0 unspecified atom stereocenters. The van der Waals surface area contributed by atoms with Gasteiger partial charge in [-0.2, -0.15) is 4.37 Å². The number of hydrogen-bond donors (Lipinski definition) is 2. The number of nitrogen functional groups attached to an aromatic ring is 1. The first kappa shape index (κ1) is 18.2. The Kier molecular flexibility index (Phi) is 6.42. The van der Waals surface area contributed by atoms with E-state index in [0.717, 1.165) is 18.0 Å². The summed E-state index contributed by atoms with van der Waals surface area (Å²) in [5.41, 5.74) is 5.72. The van der Waals surface area contributed by atoms with Crippen LogP contribution in [0.15, 0.2) is 4.90 Å². The van der Waals surface area contributed by atoms with E-state index in [9.17, 15) is 8.42 Å². The van der Waals surface area contributed by atoms with Crippen LogP contribution in [0.4, 0.5) is 10.8 Å². The molecule has 122 valence electrons. The third-order valence-corrected chi connectivity index (χ3v) is 6.10. The summed E-state index contributed by atoms with van der Waals surface area (Å²) in [6.07, 6.45) is 1.43.